The van der Waals surface area contributed by atoms with E-state index in [4.69, 9.17) is 4.74 Å². The lowest BCUT2D eigenvalue weighted by Crippen LogP contribution is -2.36. The predicted molar refractivity (Wildman–Crippen MR) is 138 cm³/mol. The number of pyridine rings is 1. The molecule has 1 aliphatic heterocycles. The summed E-state index contributed by atoms with van der Waals surface area (Å²) in [5.41, 5.74) is 4.48. The number of anilines is 2. The Balaban J connectivity index is 1.34. The van der Waals surface area contributed by atoms with Gasteiger partial charge in [-0.25, -0.2) is 0 Å². The zero-order valence-electron chi connectivity index (χ0n) is 20.0. The first-order chi connectivity index (χ1) is 17.1. The average Bonchev–Trinajstić information content (AvgIpc) is 3.27. The van der Waals surface area contributed by atoms with Crippen molar-refractivity contribution < 1.29 is 14.3 Å². The lowest BCUT2D eigenvalue weighted by atomic mass is 9.95. The van der Waals surface area contributed by atoms with Crippen LogP contribution in [0.25, 0.3) is 0 Å². The minimum Gasteiger partial charge on any atom is -0.378 e. The number of nitrogens with zero attached hydrogens (tertiary/aromatic N) is 3. The van der Waals surface area contributed by atoms with Crippen molar-refractivity contribution in [3.63, 3.8) is 0 Å². The van der Waals surface area contributed by atoms with Gasteiger partial charge in [0, 0.05) is 49.6 Å². The van der Waals surface area contributed by atoms with Crippen molar-refractivity contribution in [2.24, 2.45) is 0 Å². The van der Waals surface area contributed by atoms with E-state index in [1.165, 1.54) is 28.1 Å². The number of carbonyl (C=O) groups is 2. The topological polar surface area (TPSA) is 74.8 Å². The number of carbonyl (C=O) groups excluding carboxylic acids is 2. The monoisotopic (exact) mass is 490 g/mol. The van der Waals surface area contributed by atoms with Crippen molar-refractivity contribution in [3.8, 4) is 0 Å². The number of fused-ring (bicyclic) bond motifs is 1. The molecule has 0 bridgehead atoms. The van der Waals surface area contributed by atoms with E-state index in [-0.39, 0.29) is 11.8 Å². The zero-order chi connectivity index (χ0) is 24.2. The standard InChI is InChI=1S/C27H30N4O3S/c1-30(18-19-8-10-21(11-9-19)31-13-15-34-16-14-31)27(33)24-22-6-2-3-7-23(22)35-26(24)29-25(32)20-5-4-12-28-17-20/h4-5,8-12,17H,2-3,6-7,13-16,18H2,1H3,(H,29,32). The Morgan fingerprint density at radius 1 is 1.11 bits per heavy atom. The van der Waals surface area contributed by atoms with Crippen LogP contribution in [0.1, 0.15) is 49.6 Å². The molecule has 1 aliphatic carbocycles. The Hall–Kier alpha value is -3.23. The molecule has 8 heteroatoms. The van der Waals surface area contributed by atoms with Crippen LogP contribution in [0, 0.1) is 0 Å². The maximum atomic E-state index is 13.7. The van der Waals surface area contributed by atoms with Crippen molar-refractivity contribution in [1.82, 2.24) is 9.88 Å². The smallest absolute Gasteiger partial charge is 0.257 e. The summed E-state index contributed by atoms with van der Waals surface area (Å²) in [6.45, 7) is 3.80. The lowest BCUT2D eigenvalue weighted by Gasteiger charge is -2.29. The molecule has 1 fully saturated rings. The molecular weight excluding hydrogens is 460 g/mol. The van der Waals surface area contributed by atoms with E-state index >= 15 is 0 Å². The van der Waals surface area contributed by atoms with Gasteiger partial charge in [0.25, 0.3) is 11.8 Å². The highest BCUT2D eigenvalue weighted by molar-refractivity contribution is 7.17. The van der Waals surface area contributed by atoms with Gasteiger partial charge in [-0.1, -0.05) is 12.1 Å². The first kappa shape index (κ1) is 23.5. The number of hydrogen-bond donors (Lipinski definition) is 1. The third kappa shape index (κ3) is 5.23. The second-order valence-corrected chi connectivity index (χ2v) is 10.1. The summed E-state index contributed by atoms with van der Waals surface area (Å²) in [6, 6.07) is 11.9. The molecule has 0 unspecified atom stereocenters. The van der Waals surface area contributed by atoms with Gasteiger partial charge in [-0.3, -0.25) is 14.6 Å². The molecule has 1 saturated heterocycles. The van der Waals surface area contributed by atoms with Crippen LogP contribution in [0.2, 0.25) is 0 Å². The number of rotatable bonds is 6. The van der Waals surface area contributed by atoms with E-state index in [1.807, 2.05) is 7.05 Å². The maximum absolute atomic E-state index is 13.7. The Morgan fingerprint density at radius 2 is 1.89 bits per heavy atom. The molecular formula is C27H30N4O3S. The molecule has 2 aromatic heterocycles. The van der Waals surface area contributed by atoms with Crippen LogP contribution in [0.5, 0.6) is 0 Å². The number of amides is 2. The van der Waals surface area contributed by atoms with Crippen LogP contribution in [-0.2, 0) is 24.1 Å². The van der Waals surface area contributed by atoms with Gasteiger partial charge in [0.05, 0.1) is 24.3 Å². The zero-order valence-corrected chi connectivity index (χ0v) is 20.8. The summed E-state index contributed by atoms with van der Waals surface area (Å²) in [7, 11) is 1.83. The molecule has 2 aliphatic rings. The minimum atomic E-state index is -0.243. The van der Waals surface area contributed by atoms with Crippen molar-refractivity contribution >= 4 is 33.8 Å². The third-order valence-electron chi connectivity index (χ3n) is 6.61. The van der Waals surface area contributed by atoms with Crippen LogP contribution in [-0.4, -0.2) is 55.0 Å². The summed E-state index contributed by atoms with van der Waals surface area (Å²) in [6.07, 6.45) is 7.18. The second kappa shape index (κ2) is 10.6. The maximum Gasteiger partial charge on any atom is 0.257 e. The molecule has 35 heavy (non-hydrogen) atoms. The molecule has 3 heterocycles. The van der Waals surface area contributed by atoms with Crippen molar-refractivity contribution in [2.45, 2.75) is 32.2 Å². The third-order valence-corrected chi connectivity index (χ3v) is 7.82. The largest absolute Gasteiger partial charge is 0.378 e. The van der Waals surface area contributed by atoms with Crippen molar-refractivity contribution in [2.75, 3.05) is 43.6 Å². The van der Waals surface area contributed by atoms with Crippen LogP contribution in [0.3, 0.4) is 0 Å². The Kier molecular flexibility index (Phi) is 7.11. The van der Waals surface area contributed by atoms with Gasteiger partial charge in [-0.15, -0.1) is 11.3 Å². The number of ether oxygens (including phenoxy) is 1. The lowest BCUT2D eigenvalue weighted by molar-refractivity contribution is 0.0785. The fourth-order valence-electron chi connectivity index (χ4n) is 4.72. The quantitative estimate of drug-likeness (QED) is 0.555. The number of benzene rings is 1. The van der Waals surface area contributed by atoms with E-state index < -0.39 is 0 Å². The van der Waals surface area contributed by atoms with Crippen molar-refractivity contribution in [3.05, 3.63) is 75.9 Å². The fourth-order valence-corrected chi connectivity index (χ4v) is 6.00. The van der Waals surface area contributed by atoms with Crippen LogP contribution >= 0.6 is 11.3 Å². The summed E-state index contributed by atoms with van der Waals surface area (Å²) < 4.78 is 5.44. The summed E-state index contributed by atoms with van der Waals surface area (Å²) in [4.78, 5) is 35.8. The Labute approximate surface area is 209 Å². The molecule has 0 spiro atoms. The van der Waals surface area contributed by atoms with E-state index in [9.17, 15) is 9.59 Å². The van der Waals surface area contributed by atoms with Crippen molar-refractivity contribution in [1.29, 1.82) is 0 Å². The number of nitrogens with one attached hydrogen (secondary N) is 1. The van der Waals surface area contributed by atoms with E-state index in [0.717, 1.165) is 63.1 Å². The molecule has 2 amide bonds. The summed E-state index contributed by atoms with van der Waals surface area (Å²) >= 11 is 1.54. The molecule has 182 valence electrons. The van der Waals surface area contributed by atoms with E-state index in [0.29, 0.717) is 22.7 Å². The SMILES string of the molecule is CN(Cc1ccc(N2CCOCC2)cc1)C(=O)c1c(NC(=O)c2cccnc2)sc2c1CCCC2. The second-order valence-electron chi connectivity index (χ2n) is 9.04. The van der Waals surface area contributed by atoms with Gasteiger partial charge in [0.2, 0.25) is 0 Å². The van der Waals surface area contributed by atoms with Crippen LogP contribution in [0.15, 0.2) is 48.8 Å². The fraction of sp³-hybridized carbons (Fsp3) is 0.370. The first-order valence-electron chi connectivity index (χ1n) is 12.1. The predicted octanol–water partition coefficient (Wildman–Crippen LogP) is 4.38. The highest BCUT2D eigenvalue weighted by Crippen LogP contribution is 2.39. The molecule has 0 radical (unpaired) electrons. The molecule has 3 aromatic rings. The molecule has 1 aromatic carbocycles. The highest BCUT2D eigenvalue weighted by atomic mass is 32.1. The van der Waals surface area contributed by atoms with Gasteiger partial charge in [-0.05, 0) is 61.1 Å². The minimum absolute atomic E-state index is 0.0526. The number of thiophene rings is 1. The molecule has 7 nitrogen and oxygen atoms in total. The number of aromatic nitrogens is 1. The average molecular weight is 491 g/mol. The summed E-state index contributed by atoms with van der Waals surface area (Å²) in [5.74, 6) is -0.296. The number of hydrogen-bond acceptors (Lipinski definition) is 6. The number of morpholine rings is 1. The van der Waals surface area contributed by atoms with Crippen LogP contribution < -0.4 is 10.2 Å². The number of aryl methyl sites for hydroxylation is 1. The molecule has 1 N–H and O–H groups in total. The van der Waals surface area contributed by atoms with Gasteiger partial charge < -0.3 is 19.9 Å². The summed E-state index contributed by atoms with van der Waals surface area (Å²) in [5, 5.41) is 3.65. The molecule has 0 saturated carbocycles. The van der Waals surface area contributed by atoms with Gasteiger partial charge in [0.15, 0.2) is 0 Å². The van der Waals surface area contributed by atoms with Gasteiger partial charge in [0.1, 0.15) is 5.00 Å². The Morgan fingerprint density at radius 3 is 2.63 bits per heavy atom. The Bertz CT molecular complexity index is 1190. The van der Waals surface area contributed by atoms with E-state index in [1.54, 1.807) is 23.2 Å². The molecule has 0 atom stereocenters. The van der Waals surface area contributed by atoms with Crippen LogP contribution in [0.4, 0.5) is 10.7 Å². The first-order valence-corrected chi connectivity index (χ1v) is 12.9. The highest BCUT2D eigenvalue weighted by Gasteiger charge is 2.28. The van der Waals surface area contributed by atoms with Gasteiger partial charge in [-0.2, -0.15) is 0 Å². The normalized spacial score (nSPS) is 15.4. The van der Waals surface area contributed by atoms with E-state index in [2.05, 4.69) is 39.5 Å². The van der Waals surface area contributed by atoms with Gasteiger partial charge >= 0.3 is 0 Å². The molecule has 5 rings (SSSR count).